The molecule has 1 amide bonds. The van der Waals surface area contributed by atoms with Crippen molar-refractivity contribution in [1.29, 1.82) is 0 Å². The van der Waals surface area contributed by atoms with Crippen LogP contribution in [0.3, 0.4) is 0 Å². The average molecular weight is 270 g/mol. The average Bonchev–Trinajstić information content (AvgIpc) is 2.66. The topological polar surface area (TPSA) is 32.3 Å². The van der Waals surface area contributed by atoms with Crippen molar-refractivity contribution >= 4 is 17.7 Å². The van der Waals surface area contributed by atoms with E-state index in [1.165, 1.54) is 25.7 Å². The van der Waals surface area contributed by atoms with Crippen molar-refractivity contribution in [2.75, 3.05) is 6.26 Å². The molecule has 0 aromatic heterocycles. The van der Waals surface area contributed by atoms with Crippen LogP contribution in [0.1, 0.15) is 46.5 Å². The summed E-state index contributed by atoms with van der Waals surface area (Å²) in [5.41, 5.74) is 0. The van der Waals surface area contributed by atoms with Gasteiger partial charge in [0, 0.05) is 11.3 Å². The van der Waals surface area contributed by atoms with Gasteiger partial charge in [-0.05, 0) is 38.4 Å². The van der Waals surface area contributed by atoms with Crippen LogP contribution < -0.4 is 5.32 Å². The van der Waals surface area contributed by atoms with Crippen LogP contribution in [0, 0.1) is 5.92 Å². The Morgan fingerprint density at radius 2 is 2.11 bits per heavy atom. The molecule has 0 bridgehead atoms. The molecule has 2 fully saturated rings. The molecule has 2 rings (SSSR count). The van der Waals surface area contributed by atoms with Crippen LogP contribution in [0.15, 0.2) is 0 Å². The molecule has 0 aromatic carbocycles. The number of rotatable bonds is 3. The van der Waals surface area contributed by atoms with E-state index in [2.05, 4.69) is 30.3 Å². The number of carbonyl (C=O) groups is 1. The predicted molar refractivity (Wildman–Crippen MR) is 77.6 cm³/mol. The highest BCUT2D eigenvalue weighted by atomic mass is 32.2. The maximum absolute atomic E-state index is 12.4. The first kappa shape index (κ1) is 14.2. The molecule has 1 saturated heterocycles. The van der Waals surface area contributed by atoms with E-state index in [1.54, 1.807) is 0 Å². The number of amides is 1. The highest BCUT2D eigenvalue weighted by Crippen LogP contribution is 2.33. The fourth-order valence-corrected chi connectivity index (χ4v) is 4.09. The van der Waals surface area contributed by atoms with Crippen LogP contribution in [0.4, 0.5) is 0 Å². The molecule has 1 aliphatic carbocycles. The summed E-state index contributed by atoms with van der Waals surface area (Å²) in [5, 5.41) is 4.19. The highest BCUT2D eigenvalue weighted by Gasteiger charge is 2.42. The Morgan fingerprint density at radius 1 is 1.39 bits per heavy atom. The van der Waals surface area contributed by atoms with E-state index in [-0.39, 0.29) is 12.2 Å². The molecule has 2 aliphatic rings. The molecule has 104 valence electrons. The zero-order chi connectivity index (χ0) is 13.3. The zero-order valence-corrected chi connectivity index (χ0v) is 12.8. The van der Waals surface area contributed by atoms with Gasteiger partial charge in [-0.3, -0.25) is 10.1 Å². The SMILES string of the molecule is CSC1CCCC(N2C(=O)C(C)NC2C(C)C)C1. The van der Waals surface area contributed by atoms with Crippen LogP contribution in [0.5, 0.6) is 0 Å². The zero-order valence-electron chi connectivity index (χ0n) is 12.0. The van der Waals surface area contributed by atoms with Crippen molar-refractivity contribution in [3.63, 3.8) is 0 Å². The molecule has 1 saturated carbocycles. The summed E-state index contributed by atoms with van der Waals surface area (Å²) in [6, 6.07) is 0.445. The smallest absolute Gasteiger partial charge is 0.240 e. The van der Waals surface area contributed by atoms with E-state index in [4.69, 9.17) is 0 Å². The normalized spacial score (nSPS) is 37.6. The summed E-state index contributed by atoms with van der Waals surface area (Å²) in [5.74, 6) is 0.786. The van der Waals surface area contributed by atoms with E-state index in [9.17, 15) is 4.79 Å². The Kier molecular flexibility index (Phi) is 4.59. The van der Waals surface area contributed by atoms with Crippen LogP contribution in [0.25, 0.3) is 0 Å². The second-order valence-electron chi connectivity index (χ2n) is 6.00. The van der Waals surface area contributed by atoms with Gasteiger partial charge in [-0.15, -0.1) is 0 Å². The number of thioether (sulfide) groups is 1. The number of nitrogens with zero attached hydrogens (tertiary/aromatic N) is 1. The number of hydrogen-bond donors (Lipinski definition) is 1. The minimum absolute atomic E-state index is 0.00736. The van der Waals surface area contributed by atoms with Crippen molar-refractivity contribution in [3.8, 4) is 0 Å². The summed E-state index contributed by atoms with van der Waals surface area (Å²) in [4.78, 5) is 14.5. The van der Waals surface area contributed by atoms with Crippen LogP contribution in [0.2, 0.25) is 0 Å². The van der Waals surface area contributed by atoms with E-state index in [0.29, 0.717) is 17.9 Å². The van der Waals surface area contributed by atoms with Crippen molar-refractivity contribution in [3.05, 3.63) is 0 Å². The second-order valence-corrected chi connectivity index (χ2v) is 7.14. The summed E-state index contributed by atoms with van der Waals surface area (Å²) in [6.07, 6.45) is 7.36. The van der Waals surface area contributed by atoms with Crippen molar-refractivity contribution < 1.29 is 4.79 Å². The lowest BCUT2D eigenvalue weighted by Crippen LogP contribution is -2.49. The molecule has 3 nitrogen and oxygen atoms in total. The molecule has 18 heavy (non-hydrogen) atoms. The van der Waals surface area contributed by atoms with Crippen LogP contribution in [-0.2, 0) is 4.79 Å². The molecule has 1 aliphatic heterocycles. The van der Waals surface area contributed by atoms with Gasteiger partial charge in [0.25, 0.3) is 0 Å². The van der Waals surface area contributed by atoms with E-state index in [0.717, 1.165) is 5.25 Å². The lowest BCUT2D eigenvalue weighted by Gasteiger charge is -2.39. The molecule has 1 heterocycles. The largest absolute Gasteiger partial charge is 0.323 e. The van der Waals surface area contributed by atoms with E-state index < -0.39 is 0 Å². The van der Waals surface area contributed by atoms with E-state index in [1.807, 2.05) is 18.7 Å². The molecular formula is C14H26N2OS. The van der Waals surface area contributed by atoms with Gasteiger partial charge in [-0.1, -0.05) is 20.3 Å². The fraction of sp³-hybridized carbons (Fsp3) is 0.929. The molecule has 4 heteroatoms. The molecule has 0 aromatic rings. The standard InChI is InChI=1S/C14H26N2OS/c1-9(2)13-15-10(3)14(17)16(13)11-6-5-7-12(8-11)18-4/h9-13,15H,5-8H2,1-4H3. The monoisotopic (exact) mass is 270 g/mol. The molecule has 1 N–H and O–H groups in total. The minimum atomic E-state index is -0.00736. The first-order chi connectivity index (χ1) is 8.54. The van der Waals surface area contributed by atoms with Crippen LogP contribution in [-0.4, -0.2) is 40.6 Å². The summed E-state index contributed by atoms with van der Waals surface area (Å²) < 4.78 is 0. The first-order valence-electron chi connectivity index (χ1n) is 7.15. The maximum Gasteiger partial charge on any atom is 0.240 e. The Balaban J connectivity index is 2.11. The van der Waals surface area contributed by atoms with Crippen molar-refractivity contribution in [2.45, 2.75) is 70.0 Å². The highest BCUT2D eigenvalue weighted by molar-refractivity contribution is 7.99. The Morgan fingerprint density at radius 3 is 2.72 bits per heavy atom. The van der Waals surface area contributed by atoms with Crippen molar-refractivity contribution in [1.82, 2.24) is 10.2 Å². The van der Waals surface area contributed by atoms with Gasteiger partial charge in [0.05, 0.1) is 12.2 Å². The van der Waals surface area contributed by atoms with Gasteiger partial charge >= 0.3 is 0 Å². The van der Waals surface area contributed by atoms with Gasteiger partial charge in [0.15, 0.2) is 0 Å². The van der Waals surface area contributed by atoms with Gasteiger partial charge in [0.1, 0.15) is 0 Å². The third-order valence-electron chi connectivity index (χ3n) is 4.30. The van der Waals surface area contributed by atoms with Gasteiger partial charge < -0.3 is 4.90 Å². The van der Waals surface area contributed by atoms with Crippen LogP contribution >= 0.6 is 11.8 Å². The maximum atomic E-state index is 12.4. The molecule has 0 spiro atoms. The number of nitrogens with one attached hydrogen (secondary N) is 1. The lowest BCUT2D eigenvalue weighted by molar-refractivity contribution is -0.133. The summed E-state index contributed by atoms with van der Waals surface area (Å²) >= 11 is 1.96. The van der Waals surface area contributed by atoms with Gasteiger partial charge in [0.2, 0.25) is 5.91 Å². The number of hydrogen-bond acceptors (Lipinski definition) is 3. The van der Waals surface area contributed by atoms with Gasteiger partial charge in [-0.2, -0.15) is 11.8 Å². The number of carbonyl (C=O) groups excluding carboxylic acids is 1. The van der Waals surface area contributed by atoms with Gasteiger partial charge in [-0.25, -0.2) is 0 Å². The quantitative estimate of drug-likeness (QED) is 0.855. The second kappa shape index (κ2) is 5.83. The molecule has 0 radical (unpaired) electrons. The molecular weight excluding hydrogens is 244 g/mol. The first-order valence-corrected chi connectivity index (χ1v) is 8.44. The van der Waals surface area contributed by atoms with E-state index >= 15 is 0 Å². The molecule has 4 unspecified atom stereocenters. The lowest BCUT2D eigenvalue weighted by atomic mass is 9.92. The Bertz CT molecular complexity index is 308. The third kappa shape index (κ3) is 2.69. The predicted octanol–water partition coefficient (Wildman–Crippen LogP) is 2.46. The Hall–Kier alpha value is -0.220. The summed E-state index contributed by atoms with van der Waals surface area (Å²) in [7, 11) is 0. The summed E-state index contributed by atoms with van der Waals surface area (Å²) in [6.45, 7) is 6.39. The Labute approximate surface area is 115 Å². The molecule has 4 atom stereocenters. The minimum Gasteiger partial charge on any atom is -0.323 e. The van der Waals surface area contributed by atoms with Crippen molar-refractivity contribution in [2.24, 2.45) is 5.92 Å². The third-order valence-corrected chi connectivity index (χ3v) is 5.40. The fourth-order valence-electron chi connectivity index (χ4n) is 3.28.